The van der Waals surface area contributed by atoms with E-state index in [9.17, 15) is 0 Å². The molecule has 1 fully saturated rings. The van der Waals surface area contributed by atoms with E-state index in [1.54, 1.807) is 11.3 Å². The SMILES string of the molecule is CCOc1ccc(/C=N\n2c(-c3ccccc3)csc2=NC[C@H]2CCCO2)cc1. The molecule has 0 unspecified atom stereocenters. The van der Waals surface area contributed by atoms with Gasteiger partial charge in [0.2, 0.25) is 4.80 Å². The van der Waals surface area contributed by atoms with Crippen molar-refractivity contribution in [1.29, 1.82) is 0 Å². The summed E-state index contributed by atoms with van der Waals surface area (Å²) < 4.78 is 13.2. The zero-order chi connectivity index (χ0) is 19.9. The van der Waals surface area contributed by atoms with Gasteiger partial charge in [-0.2, -0.15) is 5.10 Å². The van der Waals surface area contributed by atoms with Gasteiger partial charge in [-0.3, -0.25) is 4.99 Å². The molecule has 2 aromatic carbocycles. The quantitative estimate of drug-likeness (QED) is 0.539. The van der Waals surface area contributed by atoms with Crippen LogP contribution in [0.3, 0.4) is 0 Å². The Labute approximate surface area is 175 Å². The van der Waals surface area contributed by atoms with Crippen molar-refractivity contribution in [3.8, 4) is 17.0 Å². The lowest BCUT2D eigenvalue weighted by Crippen LogP contribution is -2.17. The summed E-state index contributed by atoms with van der Waals surface area (Å²) in [7, 11) is 0. The van der Waals surface area contributed by atoms with E-state index in [1.807, 2.05) is 60.3 Å². The van der Waals surface area contributed by atoms with Crippen molar-refractivity contribution in [1.82, 2.24) is 4.68 Å². The maximum absolute atomic E-state index is 5.72. The molecule has 1 saturated heterocycles. The summed E-state index contributed by atoms with van der Waals surface area (Å²) >= 11 is 1.61. The van der Waals surface area contributed by atoms with Gasteiger partial charge in [0.25, 0.3) is 0 Å². The summed E-state index contributed by atoms with van der Waals surface area (Å²) in [6.45, 7) is 4.16. The molecular formula is C23H25N3O2S. The van der Waals surface area contributed by atoms with Crippen LogP contribution in [0, 0.1) is 0 Å². The van der Waals surface area contributed by atoms with Gasteiger partial charge in [-0.1, -0.05) is 30.3 Å². The molecule has 1 aliphatic rings. The van der Waals surface area contributed by atoms with Crippen LogP contribution in [0.5, 0.6) is 5.75 Å². The van der Waals surface area contributed by atoms with Gasteiger partial charge in [0.15, 0.2) is 0 Å². The van der Waals surface area contributed by atoms with Gasteiger partial charge in [0.1, 0.15) is 5.75 Å². The lowest BCUT2D eigenvalue weighted by Gasteiger charge is -2.06. The monoisotopic (exact) mass is 407 g/mol. The van der Waals surface area contributed by atoms with Crippen molar-refractivity contribution in [2.24, 2.45) is 10.1 Å². The first-order valence-electron chi connectivity index (χ1n) is 9.99. The van der Waals surface area contributed by atoms with Crippen LogP contribution < -0.4 is 9.54 Å². The molecule has 4 rings (SSSR count). The average Bonchev–Trinajstić information content (AvgIpc) is 3.42. The minimum absolute atomic E-state index is 0.223. The normalized spacial score (nSPS) is 17.3. The van der Waals surface area contributed by atoms with Crippen LogP contribution in [-0.4, -0.2) is 36.8 Å². The van der Waals surface area contributed by atoms with Crippen LogP contribution in [-0.2, 0) is 4.74 Å². The first-order valence-corrected chi connectivity index (χ1v) is 10.9. The molecule has 0 bridgehead atoms. The van der Waals surface area contributed by atoms with Gasteiger partial charge < -0.3 is 9.47 Å². The average molecular weight is 408 g/mol. The molecule has 150 valence electrons. The van der Waals surface area contributed by atoms with E-state index >= 15 is 0 Å². The van der Waals surface area contributed by atoms with E-state index in [4.69, 9.17) is 19.6 Å². The van der Waals surface area contributed by atoms with Crippen LogP contribution in [0.4, 0.5) is 0 Å². The molecule has 5 nitrogen and oxygen atoms in total. The van der Waals surface area contributed by atoms with Crippen molar-refractivity contribution in [3.63, 3.8) is 0 Å². The summed E-state index contributed by atoms with van der Waals surface area (Å²) in [5.74, 6) is 0.866. The van der Waals surface area contributed by atoms with Crippen molar-refractivity contribution in [2.75, 3.05) is 19.8 Å². The lowest BCUT2D eigenvalue weighted by molar-refractivity contribution is 0.117. The predicted octanol–water partition coefficient (Wildman–Crippen LogP) is 4.58. The molecule has 0 amide bonds. The standard InChI is InChI=1S/C23H25N3O2S/c1-2-27-20-12-10-18(11-13-20)15-25-26-22(19-7-4-3-5-8-19)17-29-23(26)24-16-21-9-6-14-28-21/h3-5,7-8,10-13,15,17,21H,2,6,9,14,16H2,1H3/b24-23?,25-15-/t21-/m1/s1. The highest BCUT2D eigenvalue weighted by molar-refractivity contribution is 7.07. The summed E-state index contributed by atoms with van der Waals surface area (Å²) in [5, 5.41) is 6.87. The third-order valence-corrected chi connectivity index (χ3v) is 5.58. The van der Waals surface area contributed by atoms with Crippen LogP contribution in [0.15, 0.2) is 70.1 Å². The zero-order valence-electron chi connectivity index (χ0n) is 16.5. The molecular weight excluding hydrogens is 382 g/mol. The minimum Gasteiger partial charge on any atom is -0.494 e. The number of nitrogens with zero attached hydrogens (tertiary/aromatic N) is 3. The van der Waals surface area contributed by atoms with Crippen LogP contribution in [0.1, 0.15) is 25.3 Å². The Kier molecular flexibility index (Phi) is 6.54. The van der Waals surface area contributed by atoms with Crippen molar-refractivity contribution < 1.29 is 9.47 Å². The molecule has 0 saturated carbocycles. The van der Waals surface area contributed by atoms with Crippen LogP contribution >= 0.6 is 11.3 Å². The van der Waals surface area contributed by atoms with Gasteiger partial charge in [-0.25, -0.2) is 4.68 Å². The van der Waals surface area contributed by atoms with E-state index in [-0.39, 0.29) is 6.10 Å². The number of thiazole rings is 1. The number of benzene rings is 2. The van der Waals surface area contributed by atoms with E-state index < -0.39 is 0 Å². The second kappa shape index (κ2) is 9.67. The summed E-state index contributed by atoms with van der Waals surface area (Å²) in [5.41, 5.74) is 3.16. The third kappa shape index (κ3) is 5.02. The molecule has 3 aromatic rings. The Balaban J connectivity index is 1.65. The Hall–Kier alpha value is -2.70. The fourth-order valence-electron chi connectivity index (χ4n) is 3.24. The maximum Gasteiger partial charge on any atom is 0.206 e. The number of aromatic nitrogens is 1. The lowest BCUT2D eigenvalue weighted by atomic mass is 10.2. The number of hydrogen-bond acceptors (Lipinski definition) is 5. The molecule has 0 aliphatic carbocycles. The molecule has 1 atom stereocenters. The summed E-state index contributed by atoms with van der Waals surface area (Å²) in [4.78, 5) is 5.68. The van der Waals surface area contributed by atoms with Crippen molar-refractivity contribution in [3.05, 3.63) is 70.3 Å². The van der Waals surface area contributed by atoms with E-state index in [2.05, 4.69) is 17.5 Å². The van der Waals surface area contributed by atoms with Gasteiger partial charge in [0, 0.05) is 17.6 Å². The zero-order valence-corrected chi connectivity index (χ0v) is 17.3. The summed E-state index contributed by atoms with van der Waals surface area (Å²) in [6.07, 6.45) is 4.28. The fourth-order valence-corrected chi connectivity index (χ4v) is 4.08. The molecule has 2 heterocycles. The molecule has 6 heteroatoms. The van der Waals surface area contributed by atoms with Crippen molar-refractivity contribution in [2.45, 2.75) is 25.9 Å². The second-order valence-corrected chi connectivity index (χ2v) is 7.64. The molecule has 0 spiro atoms. The topological polar surface area (TPSA) is 48.1 Å². The fraction of sp³-hybridized carbons (Fsp3) is 0.304. The second-order valence-electron chi connectivity index (χ2n) is 6.80. The van der Waals surface area contributed by atoms with E-state index in [1.165, 1.54) is 0 Å². The highest BCUT2D eigenvalue weighted by Crippen LogP contribution is 2.20. The van der Waals surface area contributed by atoms with Crippen LogP contribution in [0.25, 0.3) is 11.3 Å². The van der Waals surface area contributed by atoms with Crippen LogP contribution in [0.2, 0.25) is 0 Å². The third-order valence-electron chi connectivity index (χ3n) is 4.72. The van der Waals surface area contributed by atoms with E-state index in [0.29, 0.717) is 13.2 Å². The Bertz CT molecular complexity index is 1000. The Morgan fingerprint density at radius 3 is 2.72 bits per heavy atom. The Morgan fingerprint density at radius 1 is 1.17 bits per heavy atom. The first-order chi connectivity index (χ1) is 14.3. The molecule has 1 aromatic heterocycles. The highest BCUT2D eigenvalue weighted by Gasteiger charge is 2.15. The molecule has 0 N–H and O–H groups in total. The maximum atomic E-state index is 5.72. The number of ether oxygens (including phenoxy) is 2. The van der Waals surface area contributed by atoms with Gasteiger partial charge in [-0.15, -0.1) is 11.3 Å². The van der Waals surface area contributed by atoms with E-state index in [0.717, 1.165) is 46.8 Å². The Morgan fingerprint density at radius 2 is 2.00 bits per heavy atom. The molecule has 0 radical (unpaired) electrons. The predicted molar refractivity (Wildman–Crippen MR) is 118 cm³/mol. The molecule has 29 heavy (non-hydrogen) atoms. The highest BCUT2D eigenvalue weighted by atomic mass is 32.1. The van der Waals surface area contributed by atoms with Gasteiger partial charge in [0.05, 0.1) is 31.2 Å². The van der Waals surface area contributed by atoms with Gasteiger partial charge in [-0.05, 0) is 49.6 Å². The minimum atomic E-state index is 0.223. The summed E-state index contributed by atoms with van der Waals surface area (Å²) in [6, 6.07) is 18.2. The first kappa shape index (κ1) is 19.6. The molecule has 1 aliphatic heterocycles. The largest absolute Gasteiger partial charge is 0.494 e. The smallest absolute Gasteiger partial charge is 0.206 e. The number of rotatable bonds is 7. The van der Waals surface area contributed by atoms with Crippen molar-refractivity contribution >= 4 is 17.6 Å². The number of hydrogen-bond donors (Lipinski definition) is 0. The van der Waals surface area contributed by atoms with Gasteiger partial charge >= 0.3 is 0 Å².